The second kappa shape index (κ2) is 39.6. The summed E-state index contributed by atoms with van der Waals surface area (Å²) in [5.41, 5.74) is 18.8. The molecule has 1 aromatic heterocycles. The number of carboxylic acid groups (broad SMARTS) is 2. The Hall–Kier alpha value is -8.68. The average molecular weight is 1310 g/mol. The Morgan fingerprint density at radius 3 is 1.57 bits per heavy atom. The maximum Gasteiger partial charge on any atom is 0.326 e. The molecule has 0 spiro atoms. The summed E-state index contributed by atoms with van der Waals surface area (Å²) in [5, 5.41) is 56.0. The van der Waals surface area contributed by atoms with Gasteiger partial charge in [-0.2, -0.15) is 11.8 Å². The number of para-hydroxylation sites is 1. The fourth-order valence-electron chi connectivity index (χ4n) is 9.43. The molecule has 31 heteroatoms. The molecule has 3 rings (SSSR count). The van der Waals surface area contributed by atoms with Crippen LogP contribution in [0, 0.1) is 11.8 Å². The zero-order chi connectivity index (χ0) is 68.8. The number of amides is 11. The van der Waals surface area contributed by atoms with Gasteiger partial charge in [0.25, 0.3) is 0 Å². The number of hydrogen-bond donors (Lipinski definition) is 17. The molecule has 30 nitrogen and oxygen atoms in total. The lowest BCUT2D eigenvalue weighted by molar-refractivity contribution is -0.142. The Kier molecular flexibility index (Phi) is 33.3. The third kappa shape index (κ3) is 26.6. The van der Waals surface area contributed by atoms with E-state index in [1.165, 1.54) is 25.6 Å². The fraction of sp³-hybridized carbons (Fsp3) is 0.557. The van der Waals surface area contributed by atoms with Crippen molar-refractivity contribution in [3.8, 4) is 0 Å². The van der Waals surface area contributed by atoms with E-state index < -0.39 is 175 Å². The van der Waals surface area contributed by atoms with Crippen molar-refractivity contribution >= 4 is 99.6 Å². The average Bonchev–Trinajstić information content (AvgIpc) is 1.69. The first-order chi connectivity index (χ1) is 43.5. The van der Waals surface area contributed by atoms with Gasteiger partial charge in [0.05, 0.1) is 12.6 Å². The van der Waals surface area contributed by atoms with Gasteiger partial charge in [-0.25, -0.2) is 4.79 Å². The highest BCUT2D eigenvalue weighted by Crippen LogP contribution is 2.20. The number of H-pyrrole nitrogens is 1. The van der Waals surface area contributed by atoms with Crippen LogP contribution in [0.15, 0.2) is 60.8 Å². The molecule has 20 N–H and O–H groups in total. The minimum Gasteiger partial charge on any atom is -0.481 e. The van der Waals surface area contributed by atoms with E-state index in [1.807, 2.05) is 0 Å². The lowest BCUT2D eigenvalue weighted by Gasteiger charge is -2.29. The van der Waals surface area contributed by atoms with Crippen molar-refractivity contribution in [1.29, 1.82) is 0 Å². The molecule has 0 aliphatic carbocycles. The number of primary amides is 1. The van der Waals surface area contributed by atoms with Gasteiger partial charge in [0.1, 0.15) is 60.4 Å². The van der Waals surface area contributed by atoms with E-state index in [1.54, 1.807) is 94.7 Å². The van der Waals surface area contributed by atoms with Gasteiger partial charge in [-0.05, 0) is 106 Å². The molecule has 11 amide bonds. The Balaban J connectivity index is 1.89. The summed E-state index contributed by atoms with van der Waals surface area (Å²) >= 11 is 1.40. The molecule has 0 aliphatic rings. The minimum atomic E-state index is -1.78. The number of nitrogens with one attached hydrogen (secondary N) is 11. The van der Waals surface area contributed by atoms with E-state index >= 15 is 0 Å². The first kappa shape index (κ1) is 77.6. The maximum absolute atomic E-state index is 14.6. The number of aromatic nitrogens is 1. The zero-order valence-electron chi connectivity index (χ0n) is 53.0. The van der Waals surface area contributed by atoms with Gasteiger partial charge in [0, 0.05) is 42.8 Å². The summed E-state index contributed by atoms with van der Waals surface area (Å²) in [4.78, 5) is 178. The molecule has 11 atom stereocenters. The number of benzene rings is 2. The second-order valence-corrected chi connectivity index (χ2v) is 24.1. The molecule has 0 bridgehead atoms. The van der Waals surface area contributed by atoms with Crippen molar-refractivity contribution in [2.24, 2.45) is 29.0 Å². The predicted octanol–water partition coefficient (Wildman–Crippen LogP) is -2.04. The number of rotatable bonds is 42. The van der Waals surface area contributed by atoms with Gasteiger partial charge in [-0.3, -0.25) is 57.5 Å². The summed E-state index contributed by atoms with van der Waals surface area (Å²) in [6.45, 7) is 8.50. The third-order valence-corrected chi connectivity index (χ3v) is 15.3. The van der Waals surface area contributed by atoms with Crippen LogP contribution >= 0.6 is 11.8 Å². The smallest absolute Gasteiger partial charge is 0.326 e. The summed E-state index contributed by atoms with van der Waals surface area (Å²) in [6.07, 6.45) is 1.70. The third-order valence-electron chi connectivity index (χ3n) is 14.6. The number of aliphatic hydroxyl groups is 1. The van der Waals surface area contributed by atoms with Crippen LogP contribution in [0.3, 0.4) is 0 Å². The zero-order valence-corrected chi connectivity index (χ0v) is 53.8. The highest BCUT2D eigenvalue weighted by molar-refractivity contribution is 7.98. The van der Waals surface area contributed by atoms with E-state index in [4.69, 9.17) is 17.2 Å². The van der Waals surface area contributed by atoms with Gasteiger partial charge in [-0.15, -0.1) is 0 Å². The van der Waals surface area contributed by atoms with Crippen LogP contribution in [0.25, 0.3) is 10.9 Å². The Morgan fingerprint density at radius 2 is 1.01 bits per heavy atom. The number of thioether (sulfide) groups is 1. The van der Waals surface area contributed by atoms with Crippen LogP contribution in [-0.2, 0) is 75.2 Å². The number of hydrogen-bond acceptors (Lipinski definition) is 17. The number of aliphatic hydroxyl groups excluding tert-OH is 1. The Morgan fingerprint density at radius 1 is 0.522 bits per heavy atom. The van der Waals surface area contributed by atoms with E-state index in [0.717, 1.165) is 10.9 Å². The summed E-state index contributed by atoms with van der Waals surface area (Å²) in [7, 11) is 0. The normalized spacial score (nSPS) is 14.8. The van der Waals surface area contributed by atoms with Crippen molar-refractivity contribution in [3.63, 3.8) is 0 Å². The van der Waals surface area contributed by atoms with Gasteiger partial charge in [0.2, 0.25) is 65.0 Å². The molecule has 508 valence electrons. The fourth-order valence-corrected chi connectivity index (χ4v) is 9.90. The summed E-state index contributed by atoms with van der Waals surface area (Å²) < 4.78 is 0. The molecule has 2 aromatic carbocycles. The van der Waals surface area contributed by atoms with Crippen LogP contribution in [0.4, 0.5) is 0 Å². The van der Waals surface area contributed by atoms with Crippen LogP contribution in [0.2, 0.25) is 0 Å². The molecule has 3 aromatic rings. The van der Waals surface area contributed by atoms with E-state index in [0.29, 0.717) is 23.3 Å². The number of aliphatic carboxylic acids is 2. The van der Waals surface area contributed by atoms with Crippen LogP contribution in [0.5, 0.6) is 0 Å². The minimum absolute atomic E-state index is 0.0511. The number of carbonyl (C=O) groups is 13. The summed E-state index contributed by atoms with van der Waals surface area (Å²) in [5.74, 6) is -13.2. The molecular weight excluding hydrogens is 1220 g/mol. The number of carboxylic acids is 2. The SMILES string of the molecule is CSCC[C@H](NC(=O)[C@H](C)N)C(=O)N[C@H](C(=O)N[C@@H](CO)C(=O)N[C@@H](CCC(=O)O)C(=O)N[C@@H](Cc1ccccc1)C(=O)N[C@@H](CC(C)C)C(=O)N[C@@H](CCCCN)C(=O)N[C@@H](CCC(N)=O)C(=O)N[C@@H](C)C(=O)N[C@@H](Cc1c[nH]c2ccccc12)C(=O)O)C(C)C. The highest BCUT2D eigenvalue weighted by atomic mass is 32.2. The lowest BCUT2D eigenvalue weighted by atomic mass is 9.99. The van der Waals surface area contributed by atoms with Crippen molar-refractivity contribution in [2.75, 3.05) is 25.2 Å². The monoisotopic (exact) mass is 1310 g/mol. The topological polar surface area (TPSA) is 497 Å². The predicted molar refractivity (Wildman–Crippen MR) is 341 cm³/mol. The number of unbranched alkanes of at least 4 members (excludes halogenated alkanes) is 1. The molecule has 1 heterocycles. The highest BCUT2D eigenvalue weighted by Gasteiger charge is 2.37. The standard InChI is InChI=1S/C61H92N14O16S/c1-32(2)27-44(57(86)68-40(19-13-14-25-62)54(83)69-41(20-22-48(64)77)53(82)66-35(6)52(81)73-46(61(90)91)29-37-30-65-39-18-12-11-17-38(37)39)71-58(87)45(28-36-15-9-8-10-16-36)72-55(84)42(21-23-49(78)79)70-59(88)47(31-76)74-60(89)50(33(3)4)75-56(85)43(24-26-92-7)67-51(80)34(5)63/h8-12,15-18,30,32-35,40-47,50,65,76H,13-14,19-29,31,62-63H2,1-7H3,(H2,64,77)(H,66,82)(H,67,80)(H,68,86)(H,69,83)(H,70,88)(H,71,87)(H,72,84)(H,73,81)(H,74,89)(H,75,85)(H,78,79)(H,90,91)/t34-,35-,40-,41-,42-,43-,44-,45-,46-,47-,50-/m0/s1. The largest absolute Gasteiger partial charge is 0.481 e. The van der Waals surface area contributed by atoms with Crippen LogP contribution < -0.4 is 70.4 Å². The van der Waals surface area contributed by atoms with E-state index in [9.17, 15) is 77.6 Å². The number of carbonyl (C=O) groups excluding carboxylic acids is 11. The van der Waals surface area contributed by atoms with Crippen molar-refractivity contribution in [2.45, 2.75) is 179 Å². The molecule has 0 radical (unpaired) electrons. The Bertz CT molecular complexity index is 3000. The van der Waals surface area contributed by atoms with Gasteiger partial charge in [0.15, 0.2) is 0 Å². The van der Waals surface area contributed by atoms with Crippen molar-refractivity contribution < 1.29 is 77.6 Å². The van der Waals surface area contributed by atoms with E-state index in [2.05, 4.69) is 58.2 Å². The summed E-state index contributed by atoms with van der Waals surface area (Å²) in [6, 6.07) is -0.203. The molecule has 0 aliphatic heterocycles. The maximum atomic E-state index is 14.6. The first-order valence-corrected chi connectivity index (χ1v) is 31.8. The van der Waals surface area contributed by atoms with Crippen LogP contribution in [0.1, 0.15) is 110 Å². The Labute approximate surface area is 538 Å². The lowest BCUT2D eigenvalue weighted by Crippen LogP contribution is -2.61. The van der Waals surface area contributed by atoms with Gasteiger partial charge < -0.3 is 90.7 Å². The van der Waals surface area contributed by atoms with Gasteiger partial charge in [-0.1, -0.05) is 76.2 Å². The molecule has 0 unspecified atom stereocenters. The quantitative estimate of drug-likeness (QED) is 0.0272. The van der Waals surface area contributed by atoms with Crippen molar-refractivity contribution in [1.82, 2.24) is 58.2 Å². The van der Waals surface area contributed by atoms with E-state index in [-0.39, 0.29) is 57.4 Å². The second-order valence-electron chi connectivity index (χ2n) is 23.1. The van der Waals surface area contributed by atoms with Gasteiger partial charge >= 0.3 is 11.9 Å². The number of nitrogens with two attached hydrogens (primary N) is 3. The van der Waals surface area contributed by atoms with Crippen molar-refractivity contribution in [3.05, 3.63) is 71.9 Å². The number of fused-ring (bicyclic) bond motifs is 1. The molecule has 0 saturated carbocycles. The molecule has 92 heavy (non-hydrogen) atoms. The first-order valence-electron chi connectivity index (χ1n) is 30.4. The molecular formula is C61H92N14O16S. The van der Waals surface area contributed by atoms with Crippen LogP contribution in [-0.4, -0.2) is 189 Å². The molecule has 0 fully saturated rings. The number of aromatic amines is 1. The molecule has 0 saturated heterocycles.